The summed E-state index contributed by atoms with van der Waals surface area (Å²) in [5, 5.41) is 6.32. The van der Waals surface area contributed by atoms with Gasteiger partial charge in [-0.3, -0.25) is 10.1 Å². The van der Waals surface area contributed by atoms with Crippen molar-refractivity contribution in [1.82, 2.24) is 9.62 Å². The summed E-state index contributed by atoms with van der Waals surface area (Å²) in [4.78, 5) is 13.4. The maximum atomic E-state index is 13.1. The number of amides is 1. The van der Waals surface area contributed by atoms with Gasteiger partial charge in [-0.2, -0.15) is 4.31 Å². The van der Waals surface area contributed by atoms with E-state index in [1.54, 1.807) is 16.4 Å². The van der Waals surface area contributed by atoms with E-state index in [1.807, 2.05) is 73.7 Å². The van der Waals surface area contributed by atoms with Gasteiger partial charge in [-0.1, -0.05) is 66.6 Å². The average molecular weight is 478 g/mol. The van der Waals surface area contributed by atoms with Crippen LogP contribution in [-0.2, 0) is 21.4 Å². The Morgan fingerprint density at radius 1 is 0.882 bits per heavy atom. The second-order valence-electron chi connectivity index (χ2n) is 8.69. The topological polar surface area (TPSA) is 78.5 Å². The fourth-order valence-electron chi connectivity index (χ4n) is 4.11. The fraction of sp³-hybridized carbons (Fsp3) is 0.296. The average Bonchev–Trinajstić information content (AvgIpc) is 2.87. The number of nitrogens with one attached hydrogen (secondary N) is 2. The maximum absolute atomic E-state index is 13.1. The van der Waals surface area contributed by atoms with E-state index in [4.69, 9.17) is 0 Å². The van der Waals surface area contributed by atoms with Crippen LogP contribution in [0.5, 0.6) is 0 Å². The molecule has 1 amide bonds. The number of carbonyl (C=O) groups is 1. The van der Waals surface area contributed by atoms with Crippen LogP contribution in [-0.4, -0.2) is 31.7 Å². The van der Waals surface area contributed by atoms with Crippen molar-refractivity contribution in [1.29, 1.82) is 0 Å². The maximum Gasteiger partial charge on any atom is 0.246 e. The predicted molar refractivity (Wildman–Crippen MR) is 135 cm³/mol. The minimum absolute atomic E-state index is 0.153. The number of rotatable bonds is 8. The van der Waals surface area contributed by atoms with E-state index in [0.717, 1.165) is 41.6 Å². The van der Waals surface area contributed by atoms with Crippen LogP contribution in [0.15, 0.2) is 83.8 Å². The summed E-state index contributed by atoms with van der Waals surface area (Å²) in [6.07, 6.45) is 2.90. The summed E-state index contributed by atoms with van der Waals surface area (Å²) in [6, 6.07) is 23.6. The SMILES string of the molecule is Cc1ccc(NC(=O)C(NCc2ccc(S(=O)(=O)N3CCCCC3)cc2)c2ccccc2)cc1. The summed E-state index contributed by atoms with van der Waals surface area (Å²) < 4.78 is 27.4. The van der Waals surface area contributed by atoms with Crippen LogP contribution in [0.1, 0.15) is 42.0 Å². The first-order valence-electron chi connectivity index (χ1n) is 11.7. The zero-order valence-electron chi connectivity index (χ0n) is 19.4. The Kier molecular flexibility index (Phi) is 7.77. The number of benzene rings is 3. The molecule has 1 heterocycles. The van der Waals surface area contributed by atoms with Gasteiger partial charge in [-0.25, -0.2) is 8.42 Å². The summed E-state index contributed by atoms with van der Waals surface area (Å²) in [7, 11) is -3.46. The third-order valence-electron chi connectivity index (χ3n) is 6.10. The highest BCUT2D eigenvalue weighted by atomic mass is 32.2. The quantitative estimate of drug-likeness (QED) is 0.496. The molecule has 0 aromatic heterocycles. The normalized spacial score (nSPS) is 15.6. The van der Waals surface area contributed by atoms with Crippen molar-refractivity contribution in [2.75, 3.05) is 18.4 Å². The van der Waals surface area contributed by atoms with E-state index in [1.165, 1.54) is 0 Å². The molecule has 34 heavy (non-hydrogen) atoms. The highest BCUT2D eigenvalue weighted by molar-refractivity contribution is 7.89. The molecule has 0 saturated carbocycles. The number of nitrogens with zero attached hydrogens (tertiary/aromatic N) is 1. The van der Waals surface area contributed by atoms with Crippen molar-refractivity contribution in [3.8, 4) is 0 Å². The van der Waals surface area contributed by atoms with Gasteiger partial charge in [0.2, 0.25) is 15.9 Å². The van der Waals surface area contributed by atoms with Crippen LogP contribution < -0.4 is 10.6 Å². The molecular weight excluding hydrogens is 446 g/mol. The van der Waals surface area contributed by atoms with Gasteiger partial charge in [0, 0.05) is 25.3 Å². The lowest BCUT2D eigenvalue weighted by molar-refractivity contribution is -0.118. The van der Waals surface area contributed by atoms with Crippen LogP contribution in [0.25, 0.3) is 0 Å². The molecule has 2 N–H and O–H groups in total. The second-order valence-corrected chi connectivity index (χ2v) is 10.6. The van der Waals surface area contributed by atoms with Crippen LogP contribution >= 0.6 is 0 Å². The highest BCUT2D eigenvalue weighted by Gasteiger charge is 2.26. The lowest BCUT2D eigenvalue weighted by Gasteiger charge is -2.26. The lowest BCUT2D eigenvalue weighted by atomic mass is 10.1. The Morgan fingerprint density at radius 2 is 1.53 bits per heavy atom. The zero-order valence-corrected chi connectivity index (χ0v) is 20.2. The molecule has 3 aromatic rings. The van der Waals surface area contributed by atoms with E-state index in [2.05, 4.69) is 10.6 Å². The molecule has 4 rings (SSSR count). The second kappa shape index (κ2) is 11.0. The number of sulfonamides is 1. The molecular formula is C27H31N3O3S. The first-order chi connectivity index (χ1) is 16.4. The van der Waals surface area contributed by atoms with Crippen molar-refractivity contribution < 1.29 is 13.2 Å². The molecule has 0 spiro atoms. The summed E-state index contributed by atoms with van der Waals surface area (Å²) in [5.41, 5.74) is 3.63. The minimum atomic E-state index is -3.46. The Hall–Kier alpha value is -3.00. The molecule has 3 aromatic carbocycles. The Labute approximate surface area is 202 Å². The Morgan fingerprint density at radius 3 is 2.18 bits per heavy atom. The van der Waals surface area contributed by atoms with Gasteiger partial charge in [0.1, 0.15) is 6.04 Å². The largest absolute Gasteiger partial charge is 0.324 e. The van der Waals surface area contributed by atoms with Crippen molar-refractivity contribution in [2.45, 2.75) is 43.7 Å². The predicted octanol–water partition coefficient (Wildman–Crippen LogP) is 4.64. The molecule has 6 nitrogen and oxygen atoms in total. The first kappa shape index (κ1) is 24.1. The molecule has 1 saturated heterocycles. The van der Waals surface area contributed by atoms with Gasteiger partial charge in [-0.15, -0.1) is 0 Å². The first-order valence-corrected chi connectivity index (χ1v) is 13.1. The van der Waals surface area contributed by atoms with Crippen molar-refractivity contribution >= 4 is 21.6 Å². The van der Waals surface area contributed by atoms with Crippen molar-refractivity contribution in [3.05, 3.63) is 95.6 Å². The summed E-state index contributed by atoms with van der Waals surface area (Å²) in [5.74, 6) is -0.153. The molecule has 1 atom stereocenters. The molecule has 178 valence electrons. The van der Waals surface area contributed by atoms with E-state index in [9.17, 15) is 13.2 Å². The van der Waals surface area contributed by atoms with Gasteiger partial charge in [0.15, 0.2) is 0 Å². The molecule has 7 heteroatoms. The van der Waals surface area contributed by atoms with E-state index < -0.39 is 16.1 Å². The molecule has 1 aliphatic heterocycles. The van der Waals surface area contributed by atoms with E-state index >= 15 is 0 Å². The number of hydrogen-bond acceptors (Lipinski definition) is 4. The van der Waals surface area contributed by atoms with Gasteiger partial charge in [-0.05, 0) is 55.2 Å². The molecule has 1 aliphatic rings. The van der Waals surface area contributed by atoms with Crippen LogP contribution in [0, 0.1) is 6.92 Å². The molecule has 0 aliphatic carbocycles. The van der Waals surface area contributed by atoms with Crippen LogP contribution in [0.2, 0.25) is 0 Å². The summed E-state index contributed by atoms with van der Waals surface area (Å²) >= 11 is 0. The highest BCUT2D eigenvalue weighted by Crippen LogP contribution is 2.22. The van der Waals surface area contributed by atoms with E-state index in [-0.39, 0.29) is 5.91 Å². The van der Waals surface area contributed by atoms with Crippen molar-refractivity contribution in [3.63, 3.8) is 0 Å². The number of anilines is 1. The molecule has 1 fully saturated rings. The van der Waals surface area contributed by atoms with Crippen LogP contribution in [0.4, 0.5) is 5.69 Å². The fourth-order valence-corrected chi connectivity index (χ4v) is 5.63. The van der Waals surface area contributed by atoms with Crippen molar-refractivity contribution in [2.24, 2.45) is 0 Å². The molecule has 0 radical (unpaired) electrons. The molecule has 0 bridgehead atoms. The third kappa shape index (κ3) is 5.91. The van der Waals surface area contributed by atoms with E-state index in [0.29, 0.717) is 24.5 Å². The Bertz CT molecular complexity index is 1190. The molecule has 1 unspecified atom stereocenters. The number of carbonyl (C=O) groups excluding carboxylic acids is 1. The monoisotopic (exact) mass is 477 g/mol. The lowest BCUT2D eigenvalue weighted by Crippen LogP contribution is -2.35. The van der Waals surface area contributed by atoms with Crippen LogP contribution in [0.3, 0.4) is 0 Å². The van der Waals surface area contributed by atoms with Gasteiger partial charge in [0.25, 0.3) is 0 Å². The number of hydrogen-bond donors (Lipinski definition) is 2. The number of aryl methyl sites for hydroxylation is 1. The number of piperidine rings is 1. The van der Waals surface area contributed by atoms with Gasteiger partial charge >= 0.3 is 0 Å². The van der Waals surface area contributed by atoms with Gasteiger partial charge in [0.05, 0.1) is 4.90 Å². The smallest absolute Gasteiger partial charge is 0.246 e. The van der Waals surface area contributed by atoms with Gasteiger partial charge < -0.3 is 5.32 Å². The third-order valence-corrected chi connectivity index (χ3v) is 8.01. The standard InChI is InChI=1S/C27H31N3O3S/c1-21-10-14-24(15-11-21)29-27(31)26(23-8-4-2-5-9-23)28-20-22-12-16-25(17-13-22)34(32,33)30-18-6-3-7-19-30/h2,4-5,8-17,26,28H,3,6-7,18-20H2,1H3,(H,29,31). The summed E-state index contributed by atoms with van der Waals surface area (Å²) in [6.45, 7) is 3.59. The Balaban J connectivity index is 1.45. The zero-order chi connectivity index (χ0) is 24.0. The minimum Gasteiger partial charge on any atom is -0.324 e.